The van der Waals surface area contributed by atoms with Crippen LogP contribution >= 0.6 is 0 Å². The van der Waals surface area contributed by atoms with E-state index in [-0.39, 0.29) is 41.4 Å². The van der Waals surface area contributed by atoms with Crippen molar-refractivity contribution in [2.75, 3.05) is 0 Å². The van der Waals surface area contributed by atoms with Crippen molar-refractivity contribution < 1.29 is 0 Å². The zero-order valence-electron chi connectivity index (χ0n) is 12.8. The standard InChI is InChI=1S/C20H20Te2/c1-2-3-14-21-19-15-18(16-10-6-4-7-11-16)22-20(19)17-12-8-5-9-13-17/h4-13,15H,2-3,14H2,1H3. The molecule has 1 aromatic heterocycles. The Morgan fingerprint density at radius 3 is 2.14 bits per heavy atom. The molecule has 0 bridgehead atoms. The summed E-state index contributed by atoms with van der Waals surface area (Å²) in [5.74, 6) is 0. The first kappa shape index (κ1) is 16.4. The van der Waals surface area contributed by atoms with Gasteiger partial charge in [0.25, 0.3) is 0 Å². The summed E-state index contributed by atoms with van der Waals surface area (Å²) in [6.45, 7) is 2.30. The molecule has 0 spiro atoms. The van der Waals surface area contributed by atoms with Gasteiger partial charge in [-0.05, 0) is 0 Å². The van der Waals surface area contributed by atoms with E-state index in [0.717, 1.165) is 0 Å². The van der Waals surface area contributed by atoms with Crippen LogP contribution in [-0.4, -0.2) is 41.4 Å². The number of hydrogen-bond acceptors (Lipinski definition) is 0. The molecule has 0 N–H and O–H groups in total. The molecule has 0 aliphatic heterocycles. The SMILES string of the molecule is CCCC[Te]c1cc(-c2ccccc2)[te]c1-c1ccccc1. The molecular weight excluding hydrogens is 495 g/mol. The zero-order chi connectivity index (χ0) is 15.2. The average Bonchev–Trinajstić information content (AvgIpc) is 3.01. The van der Waals surface area contributed by atoms with Crippen molar-refractivity contribution >= 4 is 45.0 Å². The molecule has 0 fully saturated rings. The van der Waals surface area contributed by atoms with Crippen LogP contribution in [0, 0.1) is 0 Å². The van der Waals surface area contributed by atoms with Crippen molar-refractivity contribution in [1.29, 1.82) is 0 Å². The maximum absolute atomic E-state index is 2.55. The Bertz CT molecular complexity index is 699. The van der Waals surface area contributed by atoms with Crippen LogP contribution in [0.1, 0.15) is 19.8 Å². The third kappa shape index (κ3) is 4.07. The Kier molecular flexibility index (Phi) is 6.23. The summed E-state index contributed by atoms with van der Waals surface area (Å²) in [7, 11) is 0. The average molecular weight is 516 g/mol. The van der Waals surface area contributed by atoms with Gasteiger partial charge in [-0.2, -0.15) is 0 Å². The van der Waals surface area contributed by atoms with Crippen LogP contribution in [0.2, 0.25) is 4.47 Å². The Labute approximate surface area is 153 Å². The Morgan fingerprint density at radius 1 is 0.864 bits per heavy atom. The molecule has 3 rings (SSSR count). The van der Waals surface area contributed by atoms with Crippen molar-refractivity contribution in [1.82, 2.24) is 0 Å². The molecule has 0 amide bonds. The van der Waals surface area contributed by atoms with Crippen molar-refractivity contribution in [3.8, 4) is 18.3 Å². The van der Waals surface area contributed by atoms with Crippen LogP contribution in [-0.2, 0) is 0 Å². The van der Waals surface area contributed by atoms with Gasteiger partial charge in [0.2, 0.25) is 0 Å². The summed E-state index contributed by atoms with van der Waals surface area (Å²) in [6, 6.07) is 24.6. The van der Waals surface area contributed by atoms with E-state index in [1.807, 2.05) is 0 Å². The molecule has 2 heteroatoms. The minimum atomic E-state index is -0.242. The number of benzene rings is 2. The van der Waals surface area contributed by atoms with E-state index in [0.29, 0.717) is 0 Å². The first-order chi connectivity index (χ1) is 10.9. The summed E-state index contributed by atoms with van der Waals surface area (Å²) in [5.41, 5.74) is 2.92. The molecule has 0 nitrogen and oxygen atoms in total. The van der Waals surface area contributed by atoms with Gasteiger partial charge in [-0.15, -0.1) is 0 Å². The van der Waals surface area contributed by atoms with Gasteiger partial charge in [0.1, 0.15) is 0 Å². The molecule has 0 saturated heterocycles. The Balaban J connectivity index is 1.97. The van der Waals surface area contributed by atoms with E-state index in [2.05, 4.69) is 73.7 Å². The van der Waals surface area contributed by atoms with Crippen molar-refractivity contribution in [2.45, 2.75) is 24.2 Å². The quantitative estimate of drug-likeness (QED) is 0.332. The van der Waals surface area contributed by atoms with Crippen LogP contribution < -0.4 is 3.61 Å². The zero-order valence-corrected chi connectivity index (χ0v) is 17.4. The van der Waals surface area contributed by atoms with Crippen LogP contribution in [0.15, 0.2) is 66.7 Å². The second-order valence-corrected chi connectivity index (χ2v) is 11.5. The maximum atomic E-state index is 2.55. The second-order valence-electron chi connectivity index (χ2n) is 5.24. The molecule has 0 atom stereocenters. The van der Waals surface area contributed by atoms with Crippen molar-refractivity contribution in [3.05, 3.63) is 66.7 Å². The first-order valence-electron chi connectivity index (χ1n) is 7.76. The molecule has 1 heterocycles. The molecule has 2 aromatic carbocycles. The van der Waals surface area contributed by atoms with Crippen LogP contribution in [0.3, 0.4) is 0 Å². The predicted molar refractivity (Wildman–Crippen MR) is 99.4 cm³/mol. The van der Waals surface area contributed by atoms with Gasteiger partial charge in [-0.25, -0.2) is 0 Å². The van der Waals surface area contributed by atoms with E-state index >= 15 is 0 Å². The van der Waals surface area contributed by atoms with E-state index in [1.165, 1.54) is 28.4 Å². The summed E-state index contributed by atoms with van der Waals surface area (Å²) in [6.07, 6.45) is 2.72. The summed E-state index contributed by atoms with van der Waals surface area (Å²) < 4.78 is 6.51. The van der Waals surface area contributed by atoms with Gasteiger partial charge in [0.05, 0.1) is 0 Å². The fourth-order valence-corrected chi connectivity index (χ4v) is 11.2. The van der Waals surface area contributed by atoms with Crippen molar-refractivity contribution in [2.24, 2.45) is 0 Å². The number of rotatable bonds is 6. The molecule has 0 unspecified atom stereocenters. The first-order valence-corrected chi connectivity index (χ1v) is 12.9. The topological polar surface area (TPSA) is 0 Å². The Morgan fingerprint density at radius 2 is 1.50 bits per heavy atom. The number of unbranched alkanes of at least 4 members (excludes halogenated alkanes) is 1. The third-order valence-corrected chi connectivity index (χ3v) is 11.5. The second kappa shape index (κ2) is 8.38. The van der Waals surface area contributed by atoms with E-state index in [1.54, 1.807) is 10.8 Å². The monoisotopic (exact) mass is 520 g/mol. The minimum absolute atomic E-state index is 0.0290. The van der Waals surface area contributed by atoms with Crippen LogP contribution in [0.25, 0.3) is 18.3 Å². The fraction of sp³-hybridized carbons (Fsp3) is 0.200. The van der Waals surface area contributed by atoms with Crippen LogP contribution in [0.5, 0.6) is 0 Å². The summed E-state index contributed by atoms with van der Waals surface area (Å²) in [4.78, 5) is 0. The normalized spacial score (nSPS) is 10.8. The Hall–Kier alpha value is -0.501. The van der Waals surface area contributed by atoms with Gasteiger partial charge in [0.15, 0.2) is 0 Å². The number of hydrogen-bond donors (Lipinski definition) is 0. The van der Waals surface area contributed by atoms with Gasteiger partial charge >= 0.3 is 154 Å². The molecule has 22 heavy (non-hydrogen) atoms. The predicted octanol–water partition coefficient (Wildman–Crippen LogP) is 4.63. The fourth-order valence-electron chi connectivity index (χ4n) is 2.34. The van der Waals surface area contributed by atoms with Crippen molar-refractivity contribution in [3.63, 3.8) is 0 Å². The molecule has 0 aliphatic carbocycles. The van der Waals surface area contributed by atoms with E-state index in [9.17, 15) is 0 Å². The molecule has 0 aliphatic rings. The van der Waals surface area contributed by atoms with Gasteiger partial charge < -0.3 is 0 Å². The molecular formula is C20H20Te2. The van der Waals surface area contributed by atoms with Gasteiger partial charge in [-0.1, -0.05) is 0 Å². The summed E-state index contributed by atoms with van der Waals surface area (Å²) in [5, 5.41) is 0. The van der Waals surface area contributed by atoms with Gasteiger partial charge in [-0.3, -0.25) is 0 Å². The molecule has 3 aromatic rings. The summed E-state index contributed by atoms with van der Waals surface area (Å²) >= 11 is -0.271. The molecule has 0 saturated carbocycles. The van der Waals surface area contributed by atoms with E-state index in [4.69, 9.17) is 0 Å². The third-order valence-electron chi connectivity index (χ3n) is 3.55. The molecule has 0 radical (unpaired) electrons. The van der Waals surface area contributed by atoms with Crippen LogP contribution in [0.4, 0.5) is 0 Å². The molecule has 112 valence electrons. The van der Waals surface area contributed by atoms with Gasteiger partial charge in [0, 0.05) is 0 Å². The van der Waals surface area contributed by atoms with E-state index < -0.39 is 0 Å².